The summed E-state index contributed by atoms with van der Waals surface area (Å²) in [4.78, 5) is 27.8. The Morgan fingerprint density at radius 1 is 1.33 bits per heavy atom. The molecule has 0 aliphatic carbocycles. The molecule has 6 nitrogen and oxygen atoms in total. The van der Waals surface area contributed by atoms with Crippen LogP contribution >= 0.6 is 0 Å². The molecular weight excluding hydrogens is 308 g/mol. The summed E-state index contributed by atoms with van der Waals surface area (Å²) in [5.74, 6) is -1.21. The van der Waals surface area contributed by atoms with Crippen LogP contribution in [0.4, 0.5) is 0 Å². The van der Waals surface area contributed by atoms with Crippen molar-refractivity contribution in [2.75, 3.05) is 7.11 Å². The Hall–Kier alpha value is -2.89. The molecule has 0 saturated heterocycles. The SMILES string of the molecule is COc1cc(C)c(C(=O)NC(C)Cc2cccnc2)cc1C(=O)O. The first-order valence-corrected chi connectivity index (χ1v) is 7.54. The summed E-state index contributed by atoms with van der Waals surface area (Å²) in [6.07, 6.45) is 4.09. The standard InChI is InChI=1S/C18H20N2O4/c1-11-7-16(24-3)15(18(22)23)9-14(11)17(21)20-12(2)8-13-5-4-6-19-10-13/h4-7,9-10,12H,8H2,1-3H3,(H,20,21)(H,22,23). The fourth-order valence-corrected chi connectivity index (χ4v) is 2.49. The van der Waals surface area contributed by atoms with Crippen molar-refractivity contribution >= 4 is 11.9 Å². The first-order valence-electron chi connectivity index (χ1n) is 7.54. The highest BCUT2D eigenvalue weighted by Crippen LogP contribution is 2.23. The molecular formula is C18H20N2O4. The number of aryl methyl sites for hydroxylation is 1. The molecule has 0 aliphatic rings. The van der Waals surface area contributed by atoms with E-state index in [0.717, 1.165) is 5.56 Å². The number of benzene rings is 1. The number of nitrogens with one attached hydrogen (secondary N) is 1. The molecule has 0 fully saturated rings. The van der Waals surface area contributed by atoms with E-state index in [2.05, 4.69) is 10.3 Å². The number of carbonyl (C=O) groups excluding carboxylic acids is 1. The van der Waals surface area contributed by atoms with Gasteiger partial charge in [-0.15, -0.1) is 0 Å². The van der Waals surface area contributed by atoms with Gasteiger partial charge in [-0.2, -0.15) is 0 Å². The highest BCUT2D eigenvalue weighted by Gasteiger charge is 2.19. The van der Waals surface area contributed by atoms with Gasteiger partial charge in [0.15, 0.2) is 0 Å². The van der Waals surface area contributed by atoms with Crippen molar-refractivity contribution in [2.45, 2.75) is 26.3 Å². The van der Waals surface area contributed by atoms with Crippen molar-refractivity contribution in [3.05, 3.63) is 58.9 Å². The number of ether oxygens (including phenoxy) is 1. The van der Waals surface area contributed by atoms with Crippen LogP contribution < -0.4 is 10.1 Å². The maximum Gasteiger partial charge on any atom is 0.339 e. The van der Waals surface area contributed by atoms with Crippen molar-refractivity contribution in [1.29, 1.82) is 0 Å². The van der Waals surface area contributed by atoms with E-state index in [1.54, 1.807) is 25.4 Å². The number of hydrogen-bond donors (Lipinski definition) is 2. The van der Waals surface area contributed by atoms with Crippen LogP contribution in [0.25, 0.3) is 0 Å². The molecule has 0 saturated carbocycles. The molecule has 126 valence electrons. The first-order chi connectivity index (χ1) is 11.4. The van der Waals surface area contributed by atoms with Crippen LogP contribution in [0.3, 0.4) is 0 Å². The maximum absolute atomic E-state index is 12.5. The van der Waals surface area contributed by atoms with Gasteiger partial charge in [-0.1, -0.05) is 6.07 Å². The van der Waals surface area contributed by atoms with E-state index in [1.165, 1.54) is 13.2 Å². The zero-order valence-electron chi connectivity index (χ0n) is 13.9. The third-order valence-corrected chi connectivity index (χ3v) is 3.66. The van der Waals surface area contributed by atoms with Crippen molar-refractivity contribution in [3.63, 3.8) is 0 Å². The van der Waals surface area contributed by atoms with E-state index in [9.17, 15) is 14.7 Å². The summed E-state index contributed by atoms with van der Waals surface area (Å²) in [6.45, 7) is 3.64. The minimum atomic E-state index is -1.13. The van der Waals surface area contributed by atoms with Crippen molar-refractivity contribution in [1.82, 2.24) is 10.3 Å². The number of aromatic nitrogens is 1. The van der Waals surface area contributed by atoms with Gasteiger partial charge in [0.2, 0.25) is 0 Å². The number of rotatable bonds is 6. The van der Waals surface area contributed by atoms with Crippen LogP contribution in [0.15, 0.2) is 36.7 Å². The summed E-state index contributed by atoms with van der Waals surface area (Å²) in [5, 5.41) is 12.1. The Labute approximate surface area is 140 Å². The molecule has 2 N–H and O–H groups in total. The van der Waals surface area contributed by atoms with Gasteiger partial charge in [0.1, 0.15) is 11.3 Å². The average molecular weight is 328 g/mol. The van der Waals surface area contributed by atoms with E-state index < -0.39 is 5.97 Å². The van der Waals surface area contributed by atoms with E-state index in [1.807, 2.05) is 19.1 Å². The first kappa shape index (κ1) is 17.5. The number of amides is 1. The molecule has 2 aromatic rings. The van der Waals surface area contributed by atoms with Crippen LogP contribution in [0, 0.1) is 6.92 Å². The molecule has 1 amide bonds. The summed E-state index contributed by atoms with van der Waals surface area (Å²) in [6, 6.07) is 6.58. The number of aromatic carboxylic acids is 1. The van der Waals surface area contributed by atoms with Gasteiger partial charge >= 0.3 is 5.97 Å². The Bertz CT molecular complexity index is 744. The number of methoxy groups -OCH3 is 1. The van der Waals surface area contributed by atoms with Gasteiger partial charge in [0.25, 0.3) is 5.91 Å². The summed E-state index contributed by atoms with van der Waals surface area (Å²) >= 11 is 0. The summed E-state index contributed by atoms with van der Waals surface area (Å²) in [5.41, 5.74) is 1.96. The average Bonchev–Trinajstić information content (AvgIpc) is 2.54. The fourth-order valence-electron chi connectivity index (χ4n) is 2.49. The molecule has 6 heteroatoms. The lowest BCUT2D eigenvalue weighted by molar-refractivity contribution is 0.0693. The molecule has 1 unspecified atom stereocenters. The second-order valence-electron chi connectivity index (χ2n) is 5.61. The van der Waals surface area contributed by atoms with Crippen LogP contribution in [0.1, 0.15) is 38.8 Å². The van der Waals surface area contributed by atoms with Crippen molar-refractivity contribution in [3.8, 4) is 5.75 Å². The molecule has 1 aromatic heterocycles. The fraction of sp³-hybridized carbons (Fsp3) is 0.278. The van der Waals surface area contributed by atoms with Gasteiger partial charge in [-0.05, 0) is 49.6 Å². The molecule has 1 heterocycles. The Balaban J connectivity index is 2.17. The maximum atomic E-state index is 12.5. The zero-order chi connectivity index (χ0) is 17.7. The van der Waals surface area contributed by atoms with Gasteiger partial charge in [0.05, 0.1) is 7.11 Å². The third-order valence-electron chi connectivity index (χ3n) is 3.66. The Kier molecular flexibility index (Phi) is 5.52. The molecule has 0 radical (unpaired) electrons. The second kappa shape index (κ2) is 7.59. The third kappa shape index (κ3) is 4.10. The second-order valence-corrected chi connectivity index (χ2v) is 5.61. The molecule has 24 heavy (non-hydrogen) atoms. The molecule has 2 rings (SSSR count). The van der Waals surface area contributed by atoms with Gasteiger partial charge in [-0.25, -0.2) is 4.79 Å². The van der Waals surface area contributed by atoms with Crippen molar-refractivity contribution < 1.29 is 19.4 Å². The normalized spacial score (nSPS) is 11.6. The van der Waals surface area contributed by atoms with Gasteiger partial charge in [0, 0.05) is 24.0 Å². The minimum Gasteiger partial charge on any atom is -0.496 e. The number of carboxylic acids is 1. The van der Waals surface area contributed by atoms with Crippen LogP contribution in [0.2, 0.25) is 0 Å². The molecule has 1 atom stereocenters. The molecule has 1 aromatic carbocycles. The Morgan fingerprint density at radius 2 is 2.08 bits per heavy atom. The molecule has 0 bridgehead atoms. The lowest BCUT2D eigenvalue weighted by Crippen LogP contribution is -2.34. The smallest absolute Gasteiger partial charge is 0.339 e. The molecule has 0 spiro atoms. The number of hydrogen-bond acceptors (Lipinski definition) is 4. The highest BCUT2D eigenvalue weighted by atomic mass is 16.5. The Morgan fingerprint density at radius 3 is 2.67 bits per heavy atom. The highest BCUT2D eigenvalue weighted by molar-refractivity contribution is 6.00. The predicted molar refractivity (Wildman–Crippen MR) is 89.6 cm³/mol. The van der Waals surface area contributed by atoms with E-state index >= 15 is 0 Å². The number of nitrogens with zero attached hydrogens (tertiary/aromatic N) is 1. The minimum absolute atomic E-state index is 0.0341. The van der Waals surface area contributed by atoms with Gasteiger partial charge < -0.3 is 15.2 Å². The summed E-state index contributed by atoms with van der Waals surface area (Å²) < 4.78 is 5.06. The van der Waals surface area contributed by atoms with Crippen LogP contribution in [-0.2, 0) is 6.42 Å². The van der Waals surface area contributed by atoms with E-state index in [-0.39, 0.29) is 23.3 Å². The van der Waals surface area contributed by atoms with Crippen LogP contribution in [0.5, 0.6) is 5.75 Å². The predicted octanol–water partition coefficient (Wildman–Crippen LogP) is 2.46. The summed E-state index contributed by atoms with van der Waals surface area (Å²) in [7, 11) is 1.40. The monoisotopic (exact) mass is 328 g/mol. The van der Waals surface area contributed by atoms with Crippen LogP contribution in [-0.4, -0.2) is 35.1 Å². The largest absolute Gasteiger partial charge is 0.496 e. The van der Waals surface area contributed by atoms with E-state index in [4.69, 9.17) is 4.74 Å². The number of carbonyl (C=O) groups is 2. The number of carboxylic acid groups (broad SMARTS) is 1. The lowest BCUT2D eigenvalue weighted by Gasteiger charge is -2.16. The topological polar surface area (TPSA) is 88.5 Å². The van der Waals surface area contributed by atoms with E-state index in [0.29, 0.717) is 17.5 Å². The molecule has 0 aliphatic heterocycles. The zero-order valence-corrected chi connectivity index (χ0v) is 13.9. The van der Waals surface area contributed by atoms with Crippen molar-refractivity contribution in [2.24, 2.45) is 0 Å². The van der Waals surface area contributed by atoms with Gasteiger partial charge in [-0.3, -0.25) is 9.78 Å². The quantitative estimate of drug-likeness (QED) is 0.850. The number of pyridine rings is 1. The lowest BCUT2D eigenvalue weighted by atomic mass is 10.0.